The van der Waals surface area contributed by atoms with Crippen LogP contribution in [-0.4, -0.2) is 29.0 Å². The first-order chi connectivity index (χ1) is 13.3. The van der Waals surface area contributed by atoms with Crippen molar-refractivity contribution < 1.29 is 0 Å². The molecule has 0 amide bonds. The molecule has 2 heterocycles. The van der Waals surface area contributed by atoms with Gasteiger partial charge in [0.25, 0.3) is 0 Å². The fraction of sp³-hybridized carbons (Fsp3) is 0.542. The maximum atomic E-state index is 6.23. The van der Waals surface area contributed by atoms with Gasteiger partial charge in [0.1, 0.15) is 5.82 Å². The number of anilines is 1. The number of nitrogens with zero attached hydrogens (tertiary/aromatic N) is 2. The van der Waals surface area contributed by atoms with Gasteiger partial charge in [-0.25, -0.2) is 4.98 Å². The summed E-state index contributed by atoms with van der Waals surface area (Å²) in [7, 11) is 2.22. The van der Waals surface area contributed by atoms with Gasteiger partial charge in [0.2, 0.25) is 0 Å². The third kappa shape index (κ3) is 4.84. The largest absolute Gasteiger partial charge is 0.383 e. The summed E-state index contributed by atoms with van der Waals surface area (Å²) in [6, 6.07) is 8.96. The van der Waals surface area contributed by atoms with Crippen LogP contribution in [0.5, 0.6) is 0 Å². The van der Waals surface area contributed by atoms with Gasteiger partial charge in [-0.3, -0.25) is 0 Å². The fourth-order valence-corrected chi connectivity index (χ4v) is 4.89. The monoisotopic (exact) mass is 397 g/mol. The number of unbranched alkanes of at least 4 members (excludes halogenated alkanes) is 2. The van der Waals surface area contributed by atoms with E-state index in [0.29, 0.717) is 5.82 Å². The lowest BCUT2D eigenvalue weighted by Crippen LogP contribution is -2.38. The zero-order valence-electron chi connectivity index (χ0n) is 18.1. The molecule has 0 saturated heterocycles. The zero-order valence-corrected chi connectivity index (χ0v) is 19.0. The molecule has 4 heteroatoms. The first kappa shape index (κ1) is 21.1. The number of aromatic nitrogens is 1. The maximum absolute atomic E-state index is 6.23. The number of benzene rings is 1. The van der Waals surface area contributed by atoms with Crippen LogP contribution in [0.1, 0.15) is 63.8 Å². The van der Waals surface area contributed by atoms with E-state index in [1.165, 1.54) is 46.3 Å². The molecule has 3 aromatic rings. The Balaban J connectivity index is 1.69. The van der Waals surface area contributed by atoms with Crippen molar-refractivity contribution in [2.75, 3.05) is 19.3 Å². The lowest BCUT2D eigenvalue weighted by atomic mass is 10.0. The molecule has 0 aliphatic rings. The van der Waals surface area contributed by atoms with Crippen LogP contribution in [0.25, 0.3) is 21.0 Å². The second kappa shape index (κ2) is 8.79. The maximum Gasteiger partial charge on any atom is 0.132 e. The molecule has 2 N–H and O–H groups in total. The minimum atomic E-state index is 0.260. The van der Waals surface area contributed by atoms with Crippen LogP contribution in [0, 0.1) is 0 Å². The Hall–Kier alpha value is -1.65. The predicted molar refractivity (Wildman–Crippen MR) is 125 cm³/mol. The lowest BCUT2D eigenvalue weighted by Gasteiger charge is -2.31. The first-order valence-electron chi connectivity index (χ1n) is 10.6. The normalized spacial score (nSPS) is 12.5. The molecule has 0 aliphatic carbocycles. The van der Waals surface area contributed by atoms with Gasteiger partial charge in [-0.2, -0.15) is 0 Å². The smallest absolute Gasteiger partial charge is 0.132 e. The van der Waals surface area contributed by atoms with Gasteiger partial charge in [-0.1, -0.05) is 25.8 Å². The van der Waals surface area contributed by atoms with Crippen LogP contribution in [-0.2, 0) is 12.8 Å². The molecule has 3 nitrogen and oxygen atoms in total. The van der Waals surface area contributed by atoms with Crippen molar-refractivity contribution in [3.63, 3.8) is 0 Å². The predicted octanol–water partition coefficient (Wildman–Crippen LogP) is 6.43. The molecule has 1 aromatic carbocycles. The summed E-state index contributed by atoms with van der Waals surface area (Å²) >= 11 is 1.89. The number of pyridine rings is 1. The first-order valence-corrected chi connectivity index (χ1v) is 11.4. The average Bonchev–Trinajstić information content (AvgIpc) is 3.06. The SMILES string of the molecule is CCCc1cc2c(N)nc3ccc(CCCCCN(C)C(C)(C)C)cc3c2s1. The minimum Gasteiger partial charge on any atom is -0.383 e. The van der Waals surface area contributed by atoms with Crippen molar-refractivity contribution in [1.82, 2.24) is 9.88 Å². The fourth-order valence-electron chi connectivity index (χ4n) is 3.60. The summed E-state index contributed by atoms with van der Waals surface area (Å²) < 4.78 is 1.31. The standard InChI is InChI=1S/C24H35N3S/c1-6-10-18-16-20-22(28-18)19-15-17(12-13-21(19)26-23(20)25)11-8-7-9-14-27(5)24(2,3)4/h12-13,15-16H,6-11,14H2,1-5H3,(H2,25,26). The van der Waals surface area contributed by atoms with E-state index in [1.807, 2.05) is 11.3 Å². The van der Waals surface area contributed by atoms with Crippen molar-refractivity contribution in [3.05, 3.63) is 34.7 Å². The molecular formula is C24H35N3S. The topological polar surface area (TPSA) is 42.1 Å². The van der Waals surface area contributed by atoms with Gasteiger partial charge < -0.3 is 10.6 Å². The van der Waals surface area contributed by atoms with Crippen molar-refractivity contribution in [1.29, 1.82) is 0 Å². The highest BCUT2D eigenvalue weighted by atomic mass is 32.1. The summed E-state index contributed by atoms with van der Waals surface area (Å²) in [5, 5.41) is 2.39. The van der Waals surface area contributed by atoms with Crippen LogP contribution in [0.4, 0.5) is 5.82 Å². The summed E-state index contributed by atoms with van der Waals surface area (Å²) in [6.07, 6.45) is 7.17. The highest BCUT2D eigenvalue weighted by Crippen LogP contribution is 2.36. The summed E-state index contributed by atoms with van der Waals surface area (Å²) in [5.41, 5.74) is 8.92. The van der Waals surface area contributed by atoms with Crippen LogP contribution in [0.2, 0.25) is 0 Å². The van der Waals surface area contributed by atoms with E-state index >= 15 is 0 Å². The molecule has 0 atom stereocenters. The Morgan fingerprint density at radius 2 is 1.82 bits per heavy atom. The summed E-state index contributed by atoms with van der Waals surface area (Å²) in [4.78, 5) is 8.50. The van der Waals surface area contributed by atoms with Crippen LogP contribution >= 0.6 is 11.3 Å². The average molecular weight is 398 g/mol. The molecular weight excluding hydrogens is 362 g/mol. The number of thiophene rings is 1. The van der Waals surface area contributed by atoms with E-state index in [0.717, 1.165) is 30.2 Å². The Bertz CT molecular complexity index is 936. The second-order valence-electron chi connectivity index (χ2n) is 8.96. The molecule has 0 aliphatic heterocycles. The molecule has 152 valence electrons. The number of fused-ring (bicyclic) bond motifs is 3. The highest BCUT2D eigenvalue weighted by Gasteiger charge is 2.15. The third-order valence-electron chi connectivity index (χ3n) is 5.71. The number of nitrogen functional groups attached to an aromatic ring is 1. The zero-order chi connectivity index (χ0) is 20.3. The molecule has 0 saturated carbocycles. The Morgan fingerprint density at radius 3 is 2.54 bits per heavy atom. The van der Waals surface area contributed by atoms with Crippen LogP contribution < -0.4 is 5.73 Å². The van der Waals surface area contributed by atoms with Gasteiger partial charge in [0.15, 0.2) is 0 Å². The number of hydrogen-bond acceptors (Lipinski definition) is 4. The Morgan fingerprint density at radius 1 is 1.04 bits per heavy atom. The van der Waals surface area contributed by atoms with Gasteiger partial charge >= 0.3 is 0 Å². The van der Waals surface area contributed by atoms with E-state index in [9.17, 15) is 0 Å². The van der Waals surface area contributed by atoms with E-state index in [1.54, 1.807) is 0 Å². The minimum absolute atomic E-state index is 0.260. The molecule has 3 rings (SSSR count). The summed E-state index contributed by atoms with van der Waals surface area (Å²) in [5.74, 6) is 0.664. The van der Waals surface area contributed by atoms with Crippen molar-refractivity contribution in [3.8, 4) is 0 Å². The highest BCUT2D eigenvalue weighted by molar-refractivity contribution is 7.20. The second-order valence-corrected chi connectivity index (χ2v) is 10.1. The lowest BCUT2D eigenvalue weighted by molar-refractivity contribution is 0.172. The number of hydrogen-bond donors (Lipinski definition) is 1. The molecule has 0 bridgehead atoms. The van der Waals surface area contributed by atoms with Gasteiger partial charge in [-0.15, -0.1) is 11.3 Å². The molecule has 28 heavy (non-hydrogen) atoms. The number of rotatable bonds is 8. The van der Waals surface area contributed by atoms with E-state index in [4.69, 9.17) is 5.73 Å². The molecule has 0 fully saturated rings. The van der Waals surface area contributed by atoms with Crippen LogP contribution in [0.3, 0.4) is 0 Å². The molecule has 2 aromatic heterocycles. The Kier molecular flexibility index (Phi) is 6.61. The van der Waals surface area contributed by atoms with E-state index < -0.39 is 0 Å². The molecule has 0 radical (unpaired) electrons. The van der Waals surface area contributed by atoms with Crippen molar-refractivity contribution in [2.45, 2.75) is 71.8 Å². The Labute approximate surface area is 173 Å². The van der Waals surface area contributed by atoms with Gasteiger partial charge in [0.05, 0.1) is 5.52 Å². The number of nitrogens with two attached hydrogens (primary N) is 1. The number of aryl methyl sites for hydroxylation is 2. The van der Waals surface area contributed by atoms with E-state index in [2.05, 4.69) is 68.9 Å². The molecule has 0 unspecified atom stereocenters. The van der Waals surface area contributed by atoms with Crippen molar-refractivity contribution >= 4 is 38.1 Å². The van der Waals surface area contributed by atoms with Crippen molar-refractivity contribution in [2.24, 2.45) is 0 Å². The quantitative estimate of drug-likeness (QED) is 0.445. The summed E-state index contributed by atoms with van der Waals surface area (Å²) in [6.45, 7) is 10.2. The van der Waals surface area contributed by atoms with Gasteiger partial charge in [-0.05, 0) is 83.8 Å². The molecule has 0 spiro atoms. The van der Waals surface area contributed by atoms with Gasteiger partial charge in [0, 0.05) is 25.9 Å². The third-order valence-corrected chi connectivity index (χ3v) is 6.93. The van der Waals surface area contributed by atoms with Crippen LogP contribution in [0.15, 0.2) is 24.3 Å². The van der Waals surface area contributed by atoms with E-state index in [-0.39, 0.29) is 5.54 Å².